The third-order valence-corrected chi connectivity index (χ3v) is 7.41. The molecule has 1 saturated carbocycles. The van der Waals surface area contributed by atoms with Gasteiger partial charge in [0.2, 0.25) is 0 Å². The fourth-order valence-corrected chi connectivity index (χ4v) is 5.71. The topological polar surface area (TPSA) is 61.6 Å². The van der Waals surface area contributed by atoms with Crippen LogP contribution in [0, 0.1) is 17.3 Å². The summed E-state index contributed by atoms with van der Waals surface area (Å²) in [6.45, 7) is 5.76. The minimum absolute atomic E-state index is 0.0243. The molecule has 1 aromatic rings. The zero-order chi connectivity index (χ0) is 18.9. The molecule has 1 spiro atoms. The Bertz CT molecular complexity index is 644. The zero-order valence-corrected chi connectivity index (χ0v) is 16.6. The maximum atomic E-state index is 12.0. The Morgan fingerprint density at radius 3 is 2.59 bits per heavy atom. The summed E-state index contributed by atoms with van der Waals surface area (Å²) in [5.41, 5.74) is 1.20. The number of aromatic nitrogens is 2. The zero-order valence-electron chi connectivity index (χ0n) is 16.6. The van der Waals surface area contributed by atoms with Gasteiger partial charge in [-0.25, -0.2) is 4.98 Å². The second-order valence-electron chi connectivity index (χ2n) is 9.22. The molecule has 0 radical (unpaired) electrons. The molecule has 3 fully saturated rings. The second kappa shape index (κ2) is 7.92. The summed E-state index contributed by atoms with van der Waals surface area (Å²) in [4.78, 5) is 21.2. The monoisotopic (exact) mass is 374 g/mol. The van der Waals surface area contributed by atoms with Gasteiger partial charge >= 0.3 is 5.97 Å². The van der Waals surface area contributed by atoms with Crippen LogP contribution in [0.3, 0.4) is 0 Å². The summed E-state index contributed by atoms with van der Waals surface area (Å²) in [7, 11) is 2.04. The molecule has 1 unspecified atom stereocenters. The van der Waals surface area contributed by atoms with Crippen molar-refractivity contribution < 1.29 is 9.90 Å². The highest BCUT2D eigenvalue weighted by atomic mass is 16.4. The summed E-state index contributed by atoms with van der Waals surface area (Å²) >= 11 is 0. The lowest BCUT2D eigenvalue weighted by molar-refractivity contribution is -0.146. The smallest absolute Gasteiger partial charge is 0.308 e. The van der Waals surface area contributed by atoms with E-state index in [2.05, 4.69) is 19.4 Å². The number of carbonyl (C=O) groups is 1. The molecule has 6 nitrogen and oxygen atoms in total. The van der Waals surface area contributed by atoms with Gasteiger partial charge in [-0.2, -0.15) is 0 Å². The standard InChI is InChI=1S/C21H34N4O2/c1-23-16-22-11-18(23)13-24-9-7-21(8-10-24)15-25(14-19(21)20(26)27)12-17-5-3-2-4-6-17/h11,16-17,19H,2-10,12-15H2,1H3,(H,26,27). The van der Waals surface area contributed by atoms with Gasteiger partial charge in [-0.1, -0.05) is 19.3 Å². The van der Waals surface area contributed by atoms with Crippen molar-refractivity contribution >= 4 is 5.97 Å². The van der Waals surface area contributed by atoms with Crippen LogP contribution in [0.2, 0.25) is 0 Å². The van der Waals surface area contributed by atoms with E-state index in [1.165, 1.54) is 37.8 Å². The molecule has 150 valence electrons. The molecule has 1 aromatic heterocycles. The largest absolute Gasteiger partial charge is 0.481 e. The van der Waals surface area contributed by atoms with Crippen LogP contribution in [0.25, 0.3) is 0 Å². The molecule has 1 aliphatic carbocycles. The van der Waals surface area contributed by atoms with Gasteiger partial charge < -0.3 is 14.6 Å². The van der Waals surface area contributed by atoms with Crippen molar-refractivity contribution in [1.29, 1.82) is 0 Å². The first-order valence-corrected chi connectivity index (χ1v) is 10.7. The highest BCUT2D eigenvalue weighted by Gasteiger charge is 2.51. The van der Waals surface area contributed by atoms with E-state index in [1.54, 1.807) is 0 Å². The Labute approximate surface area is 162 Å². The molecule has 2 aliphatic heterocycles. The maximum absolute atomic E-state index is 12.0. The molecule has 27 heavy (non-hydrogen) atoms. The van der Waals surface area contributed by atoms with Gasteiger partial charge in [0.1, 0.15) is 0 Å². The number of nitrogens with zero attached hydrogens (tertiary/aromatic N) is 4. The van der Waals surface area contributed by atoms with Crippen LogP contribution in [0.4, 0.5) is 0 Å². The lowest BCUT2D eigenvalue weighted by Gasteiger charge is -2.41. The predicted molar refractivity (Wildman–Crippen MR) is 104 cm³/mol. The van der Waals surface area contributed by atoms with Crippen LogP contribution in [-0.4, -0.2) is 63.2 Å². The molecule has 2 saturated heterocycles. The molecule has 0 bridgehead atoms. The number of carboxylic acids is 1. The number of likely N-dealkylation sites (tertiary alicyclic amines) is 2. The first-order chi connectivity index (χ1) is 13.1. The molecule has 1 N–H and O–H groups in total. The van der Waals surface area contributed by atoms with Gasteiger partial charge in [0.05, 0.1) is 17.9 Å². The van der Waals surface area contributed by atoms with E-state index in [1.807, 2.05) is 19.6 Å². The minimum atomic E-state index is -0.582. The predicted octanol–water partition coefficient (Wildman–Crippen LogP) is 2.60. The summed E-state index contributed by atoms with van der Waals surface area (Å²) in [6.07, 6.45) is 12.5. The number of carboxylic acid groups (broad SMARTS) is 1. The second-order valence-corrected chi connectivity index (χ2v) is 9.22. The number of hydrogen-bond acceptors (Lipinski definition) is 4. The number of aliphatic carboxylic acids is 1. The normalized spacial score (nSPS) is 27.4. The van der Waals surface area contributed by atoms with Gasteiger partial charge in [-0.3, -0.25) is 9.69 Å². The third kappa shape index (κ3) is 4.06. The van der Waals surface area contributed by atoms with Gasteiger partial charge in [-0.05, 0) is 44.7 Å². The van der Waals surface area contributed by atoms with E-state index in [0.29, 0.717) is 0 Å². The van der Waals surface area contributed by atoms with Crippen LogP contribution in [0.15, 0.2) is 12.5 Å². The van der Waals surface area contributed by atoms with Gasteiger partial charge in [0, 0.05) is 44.8 Å². The summed E-state index contributed by atoms with van der Waals surface area (Å²) < 4.78 is 2.08. The highest BCUT2D eigenvalue weighted by Crippen LogP contribution is 2.45. The maximum Gasteiger partial charge on any atom is 0.308 e. The quantitative estimate of drug-likeness (QED) is 0.858. The molecular formula is C21H34N4O2. The number of hydrogen-bond donors (Lipinski definition) is 1. The minimum Gasteiger partial charge on any atom is -0.481 e. The van der Waals surface area contributed by atoms with Crippen LogP contribution >= 0.6 is 0 Å². The average Bonchev–Trinajstić information content (AvgIpc) is 3.22. The average molecular weight is 375 g/mol. The Morgan fingerprint density at radius 1 is 1.22 bits per heavy atom. The first-order valence-electron chi connectivity index (χ1n) is 10.7. The molecule has 0 aromatic carbocycles. The molecule has 3 heterocycles. The van der Waals surface area contributed by atoms with Crippen molar-refractivity contribution in [2.24, 2.45) is 24.3 Å². The summed E-state index contributed by atoms with van der Waals surface area (Å²) in [5.74, 6) is 0.00875. The van der Waals surface area contributed by atoms with E-state index in [9.17, 15) is 9.90 Å². The van der Waals surface area contributed by atoms with Crippen LogP contribution in [-0.2, 0) is 18.4 Å². The number of aryl methyl sites for hydroxylation is 1. The molecule has 4 rings (SSSR count). The highest BCUT2D eigenvalue weighted by molar-refractivity contribution is 5.72. The van der Waals surface area contributed by atoms with E-state index in [4.69, 9.17) is 0 Å². The van der Waals surface area contributed by atoms with Crippen molar-refractivity contribution in [2.45, 2.75) is 51.5 Å². The van der Waals surface area contributed by atoms with Crippen molar-refractivity contribution in [3.63, 3.8) is 0 Å². The number of imidazole rings is 1. The molecular weight excluding hydrogens is 340 g/mol. The van der Waals surface area contributed by atoms with Gasteiger partial charge in [0.15, 0.2) is 0 Å². The molecule has 1 atom stereocenters. The first kappa shape index (κ1) is 18.9. The Balaban J connectivity index is 1.37. The van der Waals surface area contributed by atoms with Crippen molar-refractivity contribution in [1.82, 2.24) is 19.4 Å². The van der Waals surface area contributed by atoms with Crippen LogP contribution < -0.4 is 0 Å². The third-order valence-electron chi connectivity index (χ3n) is 7.41. The Morgan fingerprint density at radius 2 is 1.96 bits per heavy atom. The van der Waals surface area contributed by atoms with E-state index >= 15 is 0 Å². The van der Waals surface area contributed by atoms with Crippen LogP contribution in [0.5, 0.6) is 0 Å². The van der Waals surface area contributed by atoms with Crippen molar-refractivity contribution in [2.75, 3.05) is 32.7 Å². The molecule has 6 heteroatoms. The summed E-state index contributed by atoms with van der Waals surface area (Å²) in [6, 6.07) is 0. The van der Waals surface area contributed by atoms with Crippen LogP contribution in [0.1, 0.15) is 50.6 Å². The molecule has 0 amide bonds. The van der Waals surface area contributed by atoms with Gasteiger partial charge in [-0.15, -0.1) is 0 Å². The lowest BCUT2D eigenvalue weighted by atomic mass is 9.71. The van der Waals surface area contributed by atoms with E-state index in [-0.39, 0.29) is 11.3 Å². The van der Waals surface area contributed by atoms with E-state index < -0.39 is 5.97 Å². The Hall–Kier alpha value is -1.40. The fraction of sp³-hybridized carbons (Fsp3) is 0.810. The lowest BCUT2D eigenvalue weighted by Crippen LogP contribution is -2.46. The van der Waals surface area contributed by atoms with Crippen molar-refractivity contribution in [3.05, 3.63) is 18.2 Å². The summed E-state index contributed by atoms with van der Waals surface area (Å²) in [5, 5.41) is 9.91. The Kier molecular flexibility index (Phi) is 5.55. The molecule has 3 aliphatic rings. The number of rotatable bonds is 5. The van der Waals surface area contributed by atoms with Gasteiger partial charge in [0.25, 0.3) is 0 Å². The van der Waals surface area contributed by atoms with E-state index in [0.717, 1.165) is 58.0 Å². The SMILES string of the molecule is Cn1cncc1CN1CCC2(CC1)CN(CC1CCCCC1)CC2C(=O)O. The van der Waals surface area contributed by atoms with Crippen molar-refractivity contribution in [3.8, 4) is 0 Å². The number of piperidine rings is 1. The fourth-order valence-electron chi connectivity index (χ4n) is 5.71.